The summed E-state index contributed by atoms with van der Waals surface area (Å²) in [6.45, 7) is 4.08. The van der Waals surface area contributed by atoms with E-state index in [0.717, 1.165) is 31.1 Å². The van der Waals surface area contributed by atoms with Crippen molar-refractivity contribution in [3.05, 3.63) is 0 Å². The summed E-state index contributed by atoms with van der Waals surface area (Å²) in [6.07, 6.45) is -0.0495. The zero-order valence-electron chi connectivity index (χ0n) is 7.61. The van der Waals surface area contributed by atoms with Gasteiger partial charge < -0.3 is 9.47 Å². The van der Waals surface area contributed by atoms with Gasteiger partial charge in [0.2, 0.25) is 0 Å². The minimum absolute atomic E-state index is 0.0495. The van der Waals surface area contributed by atoms with Crippen molar-refractivity contribution in [1.82, 2.24) is 4.90 Å². The van der Waals surface area contributed by atoms with E-state index in [4.69, 9.17) is 9.47 Å². The molecule has 76 valence electrons. The Hall–Kier alpha value is 0.0300. The summed E-state index contributed by atoms with van der Waals surface area (Å²) in [5.74, 6) is 1.60. The lowest BCUT2D eigenvalue weighted by Crippen LogP contribution is -2.42. The topological polar surface area (TPSA) is 38.8 Å². The second kappa shape index (κ2) is 4.50. The summed E-state index contributed by atoms with van der Waals surface area (Å²) in [6, 6.07) is 0. The molecule has 4 nitrogen and oxygen atoms in total. The van der Waals surface area contributed by atoms with Crippen LogP contribution in [0.15, 0.2) is 0 Å². The Bertz CT molecular complexity index is 184. The van der Waals surface area contributed by atoms with Gasteiger partial charge in [-0.2, -0.15) is 0 Å². The second-order valence-corrected chi connectivity index (χ2v) is 5.02. The molecule has 0 saturated carbocycles. The molecule has 2 saturated heterocycles. The van der Waals surface area contributed by atoms with Gasteiger partial charge in [0, 0.05) is 41.9 Å². The van der Waals surface area contributed by atoms with Crippen molar-refractivity contribution in [3.63, 3.8) is 0 Å². The van der Waals surface area contributed by atoms with Gasteiger partial charge in [-0.1, -0.05) is 0 Å². The molecule has 2 rings (SSSR count). The van der Waals surface area contributed by atoms with Gasteiger partial charge in [-0.05, 0) is 0 Å². The van der Waals surface area contributed by atoms with Crippen LogP contribution >= 0.6 is 0 Å². The van der Waals surface area contributed by atoms with Crippen LogP contribution in [-0.2, 0) is 20.3 Å². The Morgan fingerprint density at radius 2 is 1.85 bits per heavy atom. The molecule has 2 aliphatic heterocycles. The van der Waals surface area contributed by atoms with Gasteiger partial charge in [0.05, 0.1) is 13.2 Å². The van der Waals surface area contributed by atoms with Crippen molar-refractivity contribution in [1.29, 1.82) is 0 Å². The van der Waals surface area contributed by atoms with Crippen LogP contribution in [0.25, 0.3) is 0 Å². The number of ether oxygens (including phenoxy) is 2. The molecule has 0 amide bonds. The van der Waals surface area contributed by atoms with E-state index in [1.807, 2.05) is 0 Å². The molecular weight excluding hydrogens is 190 g/mol. The molecule has 2 heterocycles. The molecule has 2 fully saturated rings. The normalized spacial score (nSPS) is 28.3. The van der Waals surface area contributed by atoms with Gasteiger partial charge in [0.1, 0.15) is 0 Å². The van der Waals surface area contributed by atoms with Gasteiger partial charge in [0.25, 0.3) is 0 Å². The molecule has 5 heteroatoms. The van der Waals surface area contributed by atoms with Crippen LogP contribution in [0.1, 0.15) is 0 Å². The van der Waals surface area contributed by atoms with Crippen LogP contribution in [0.3, 0.4) is 0 Å². The lowest BCUT2D eigenvalue weighted by molar-refractivity contribution is -0.0606. The quantitative estimate of drug-likeness (QED) is 0.605. The lowest BCUT2D eigenvalue weighted by atomic mass is 10.4. The minimum atomic E-state index is -0.587. The number of hydrogen-bond acceptors (Lipinski definition) is 4. The predicted octanol–water partition coefficient (Wildman–Crippen LogP) is -0.576. The SMILES string of the molecule is O=S1CCN(CC2OCCO2)CC1. The van der Waals surface area contributed by atoms with E-state index in [1.165, 1.54) is 0 Å². The summed E-state index contributed by atoms with van der Waals surface area (Å²) in [4.78, 5) is 2.26. The molecule has 0 aromatic heterocycles. The van der Waals surface area contributed by atoms with Crippen molar-refractivity contribution in [2.45, 2.75) is 6.29 Å². The van der Waals surface area contributed by atoms with Gasteiger partial charge >= 0.3 is 0 Å². The standard InChI is InChI=1S/C8H15NO3S/c10-13-5-1-9(2-6-13)7-8-11-3-4-12-8/h8H,1-7H2. The fraction of sp³-hybridized carbons (Fsp3) is 1.00. The first kappa shape index (κ1) is 9.58. The Balaban J connectivity index is 1.72. The first-order chi connectivity index (χ1) is 6.34. The molecule has 0 bridgehead atoms. The van der Waals surface area contributed by atoms with Crippen molar-refractivity contribution in [3.8, 4) is 0 Å². The number of nitrogens with zero attached hydrogens (tertiary/aromatic N) is 1. The van der Waals surface area contributed by atoms with Gasteiger partial charge in [-0.3, -0.25) is 9.11 Å². The maximum atomic E-state index is 11.1. The van der Waals surface area contributed by atoms with E-state index in [2.05, 4.69) is 4.90 Å². The van der Waals surface area contributed by atoms with Crippen molar-refractivity contribution in [2.75, 3.05) is 44.4 Å². The van der Waals surface area contributed by atoms with E-state index >= 15 is 0 Å². The van der Waals surface area contributed by atoms with Gasteiger partial charge in [-0.15, -0.1) is 0 Å². The highest BCUT2D eigenvalue weighted by molar-refractivity contribution is 7.85. The predicted molar refractivity (Wildman–Crippen MR) is 50.0 cm³/mol. The first-order valence-corrected chi connectivity index (χ1v) is 6.14. The Kier molecular flexibility index (Phi) is 3.32. The van der Waals surface area contributed by atoms with E-state index in [1.54, 1.807) is 0 Å². The third kappa shape index (κ3) is 2.74. The molecule has 2 aliphatic rings. The van der Waals surface area contributed by atoms with Crippen molar-refractivity contribution < 1.29 is 13.7 Å². The molecule has 0 N–H and O–H groups in total. The summed E-state index contributed by atoms with van der Waals surface area (Å²) >= 11 is 0. The van der Waals surface area contributed by atoms with Crippen LogP contribution in [0.4, 0.5) is 0 Å². The van der Waals surface area contributed by atoms with Crippen LogP contribution in [-0.4, -0.2) is 59.8 Å². The molecular formula is C8H15NO3S. The number of rotatable bonds is 2. The highest BCUT2D eigenvalue weighted by atomic mass is 32.2. The third-order valence-corrected chi connectivity index (χ3v) is 3.64. The minimum Gasteiger partial charge on any atom is -0.349 e. The van der Waals surface area contributed by atoms with E-state index in [-0.39, 0.29) is 6.29 Å². The summed E-state index contributed by atoms with van der Waals surface area (Å²) < 4.78 is 21.8. The molecule has 0 aliphatic carbocycles. The summed E-state index contributed by atoms with van der Waals surface area (Å²) in [5, 5.41) is 0. The smallest absolute Gasteiger partial charge is 0.170 e. The first-order valence-electron chi connectivity index (χ1n) is 4.65. The largest absolute Gasteiger partial charge is 0.349 e. The molecule has 0 unspecified atom stereocenters. The average Bonchev–Trinajstić information content (AvgIpc) is 2.62. The van der Waals surface area contributed by atoms with Crippen molar-refractivity contribution in [2.24, 2.45) is 0 Å². The van der Waals surface area contributed by atoms with E-state index in [9.17, 15) is 4.21 Å². The second-order valence-electron chi connectivity index (χ2n) is 3.32. The average molecular weight is 205 g/mol. The highest BCUT2D eigenvalue weighted by Gasteiger charge is 2.22. The molecule has 0 spiro atoms. The Morgan fingerprint density at radius 1 is 1.23 bits per heavy atom. The maximum Gasteiger partial charge on any atom is 0.170 e. The Labute approximate surface area is 80.6 Å². The molecule has 0 aromatic carbocycles. The van der Waals surface area contributed by atoms with E-state index in [0.29, 0.717) is 13.2 Å². The van der Waals surface area contributed by atoms with E-state index < -0.39 is 10.8 Å². The van der Waals surface area contributed by atoms with Crippen LogP contribution in [0, 0.1) is 0 Å². The zero-order chi connectivity index (χ0) is 9.10. The lowest BCUT2D eigenvalue weighted by Gasteiger charge is -2.27. The fourth-order valence-corrected chi connectivity index (χ4v) is 2.71. The molecule has 0 atom stereocenters. The molecule has 13 heavy (non-hydrogen) atoms. The Morgan fingerprint density at radius 3 is 2.46 bits per heavy atom. The number of hydrogen-bond donors (Lipinski definition) is 0. The van der Waals surface area contributed by atoms with Gasteiger partial charge in [0.15, 0.2) is 6.29 Å². The highest BCUT2D eigenvalue weighted by Crippen LogP contribution is 2.08. The van der Waals surface area contributed by atoms with Crippen LogP contribution < -0.4 is 0 Å². The molecule has 0 radical (unpaired) electrons. The maximum absolute atomic E-state index is 11.1. The summed E-state index contributed by atoms with van der Waals surface area (Å²) in [7, 11) is -0.587. The van der Waals surface area contributed by atoms with Crippen molar-refractivity contribution >= 4 is 10.8 Å². The molecule has 0 aromatic rings. The fourth-order valence-electron chi connectivity index (χ4n) is 1.58. The van der Waals surface area contributed by atoms with Crippen LogP contribution in [0.2, 0.25) is 0 Å². The van der Waals surface area contributed by atoms with Gasteiger partial charge in [-0.25, -0.2) is 0 Å². The van der Waals surface area contributed by atoms with Crippen LogP contribution in [0.5, 0.6) is 0 Å². The zero-order valence-corrected chi connectivity index (χ0v) is 8.42. The summed E-state index contributed by atoms with van der Waals surface area (Å²) in [5.41, 5.74) is 0. The monoisotopic (exact) mass is 205 g/mol. The third-order valence-electron chi connectivity index (χ3n) is 2.37.